The fourth-order valence-corrected chi connectivity index (χ4v) is 1.92. The lowest BCUT2D eigenvalue weighted by Crippen LogP contribution is -2.23. The van der Waals surface area contributed by atoms with Gasteiger partial charge in [-0.25, -0.2) is 0 Å². The van der Waals surface area contributed by atoms with E-state index in [4.69, 9.17) is 0 Å². The number of hydrogen-bond acceptors (Lipinski definition) is 2. The van der Waals surface area contributed by atoms with E-state index < -0.39 is 0 Å². The number of halogens is 2. The molecule has 0 aliphatic heterocycles. The number of hydrogen-bond donors (Lipinski definition) is 1. The van der Waals surface area contributed by atoms with Gasteiger partial charge in [0.25, 0.3) is 0 Å². The molecule has 4 heteroatoms. The minimum atomic E-state index is 0. The first kappa shape index (κ1) is 17.9. The van der Waals surface area contributed by atoms with Crippen LogP contribution in [0.15, 0.2) is 54.9 Å². The molecule has 104 valence electrons. The zero-order valence-corrected chi connectivity index (χ0v) is 12.6. The number of aromatic nitrogens is 1. The summed E-state index contributed by atoms with van der Waals surface area (Å²) in [6.45, 7) is 3.20. The van der Waals surface area contributed by atoms with Gasteiger partial charge >= 0.3 is 0 Å². The second kappa shape index (κ2) is 9.79. The van der Waals surface area contributed by atoms with Gasteiger partial charge in [0.1, 0.15) is 0 Å². The van der Waals surface area contributed by atoms with E-state index in [1.54, 1.807) is 0 Å². The number of pyridine rings is 1. The molecule has 1 atom stereocenters. The second-order valence-corrected chi connectivity index (χ2v) is 4.08. The normalized spacial score (nSPS) is 11.0. The lowest BCUT2D eigenvalue weighted by molar-refractivity contribution is 0.598. The maximum Gasteiger partial charge on any atom is 0.0577 e. The van der Waals surface area contributed by atoms with E-state index in [9.17, 15) is 0 Å². The molecule has 0 saturated carbocycles. The standard InChI is InChI=1S/C15H18N2.2ClH/c1-2-10-17-15(13-6-4-3-5-7-13)14-8-11-16-12-9-14;;/h3-9,11-12,15,17H,2,10H2,1H3;2*1H. The lowest BCUT2D eigenvalue weighted by Gasteiger charge is -2.19. The minimum Gasteiger partial charge on any atom is -0.306 e. The van der Waals surface area contributed by atoms with Crippen molar-refractivity contribution >= 4 is 24.8 Å². The molecule has 2 nitrogen and oxygen atoms in total. The third-order valence-corrected chi connectivity index (χ3v) is 2.77. The van der Waals surface area contributed by atoms with Crippen LogP contribution in [0, 0.1) is 0 Å². The average Bonchev–Trinajstić information content (AvgIpc) is 2.42. The topological polar surface area (TPSA) is 24.9 Å². The maximum absolute atomic E-state index is 4.07. The molecule has 0 saturated heterocycles. The molecule has 1 unspecified atom stereocenters. The first-order valence-electron chi connectivity index (χ1n) is 6.10. The Hall–Kier alpha value is -1.09. The summed E-state index contributed by atoms with van der Waals surface area (Å²) < 4.78 is 0. The second-order valence-electron chi connectivity index (χ2n) is 4.08. The average molecular weight is 299 g/mol. The summed E-state index contributed by atoms with van der Waals surface area (Å²) in [5, 5.41) is 3.57. The highest BCUT2D eigenvalue weighted by atomic mass is 35.5. The van der Waals surface area contributed by atoms with E-state index in [0.717, 1.165) is 13.0 Å². The molecule has 1 aromatic carbocycles. The van der Waals surface area contributed by atoms with Crippen LogP contribution < -0.4 is 5.32 Å². The minimum absolute atomic E-state index is 0. The van der Waals surface area contributed by atoms with Crippen molar-refractivity contribution in [3.05, 3.63) is 66.0 Å². The van der Waals surface area contributed by atoms with E-state index in [-0.39, 0.29) is 30.9 Å². The third kappa shape index (κ3) is 5.19. The van der Waals surface area contributed by atoms with Gasteiger partial charge in [0.05, 0.1) is 6.04 Å². The molecule has 0 amide bonds. The summed E-state index contributed by atoms with van der Waals surface area (Å²) in [7, 11) is 0. The van der Waals surface area contributed by atoms with Gasteiger partial charge in [-0.3, -0.25) is 4.98 Å². The molecule has 0 bridgehead atoms. The molecule has 1 N–H and O–H groups in total. The summed E-state index contributed by atoms with van der Waals surface area (Å²) in [5.41, 5.74) is 2.56. The summed E-state index contributed by atoms with van der Waals surface area (Å²) in [6.07, 6.45) is 4.83. The van der Waals surface area contributed by atoms with Crippen LogP contribution in [0.3, 0.4) is 0 Å². The summed E-state index contributed by atoms with van der Waals surface area (Å²) in [4.78, 5) is 4.07. The first-order chi connectivity index (χ1) is 8.42. The van der Waals surface area contributed by atoms with Crippen molar-refractivity contribution in [2.75, 3.05) is 6.54 Å². The molecule has 1 aromatic heterocycles. The molecule has 2 rings (SSSR count). The van der Waals surface area contributed by atoms with E-state index in [1.807, 2.05) is 18.5 Å². The van der Waals surface area contributed by atoms with E-state index in [1.165, 1.54) is 11.1 Å². The Morgan fingerprint density at radius 1 is 0.947 bits per heavy atom. The van der Waals surface area contributed by atoms with Crippen LogP contribution in [0.25, 0.3) is 0 Å². The summed E-state index contributed by atoms with van der Waals surface area (Å²) in [5.74, 6) is 0. The molecule has 0 aliphatic carbocycles. The predicted molar refractivity (Wildman–Crippen MR) is 85.3 cm³/mol. The Kier molecular flexibility index (Phi) is 9.23. The first-order valence-corrected chi connectivity index (χ1v) is 6.10. The molecule has 19 heavy (non-hydrogen) atoms. The van der Waals surface area contributed by atoms with Crippen molar-refractivity contribution in [3.8, 4) is 0 Å². The SMILES string of the molecule is CCCNC(c1ccccc1)c1ccncc1.Cl.Cl. The molecular weight excluding hydrogens is 279 g/mol. The van der Waals surface area contributed by atoms with E-state index in [0.29, 0.717) is 0 Å². The molecule has 0 radical (unpaired) electrons. The largest absolute Gasteiger partial charge is 0.306 e. The van der Waals surface area contributed by atoms with Gasteiger partial charge in [-0.15, -0.1) is 24.8 Å². The van der Waals surface area contributed by atoms with Crippen LogP contribution >= 0.6 is 24.8 Å². The van der Waals surface area contributed by atoms with Gasteiger partial charge in [-0.05, 0) is 36.2 Å². The maximum atomic E-state index is 4.07. The Labute approximate surface area is 127 Å². The van der Waals surface area contributed by atoms with Gasteiger partial charge in [0.15, 0.2) is 0 Å². The van der Waals surface area contributed by atoms with Gasteiger partial charge in [0.2, 0.25) is 0 Å². The lowest BCUT2D eigenvalue weighted by atomic mass is 10.00. The molecular formula is C15H20Cl2N2. The van der Waals surface area contributed by atoms with E-state index >= 15 is 0 Å². The molecule has 0 fully saturated rings. The van der Waals surface area contributed by atoms with Gasteiger partial charge < -0.3 is 5.32 Å². The molecule has 1 heterocycles. The fraction of sp³-hybridized carbons (Fsp3) is 0.267. The van der Waals surface area contributed by atoms with Crippen molar-refractivity contribution in [2.24, 2.45) is 0 Å². The Balaban J connectivity index is 0.00000162. The number of nitrogens with zero attached hydrogens (tertiary/aromatic N) is 1. The summed E-state index contributed by atoms with van der Waals surface area (Å²) in [6, 6.07) is 14.9. The quantitative estimate of drug-likeness (QED) is 0.902. The highest BCUT2D eigenvalue weighted by molar-refractivity contribution is 5.85. The zero-order valence-electron chi connectivity index (χ0n) is 11.0. The Bertz CT molecular complexity index is 395. The van der Waals surface area contributed by atoms with Crippen LogP contribution in [0.2, 0.25) is 0 Å². The number of rotatable bonds is 5. The van der Waals surface area contributed by atoms with Crippen molar-refractivity contribution in [2.45, 2.75) is 19.4 Å². The van der Waals surface area contributed by atoms with Gasteiger partial charge in [0, 0.05) is 12.4 Å². The summed E-state index contributed by atoms with van der Waals surface area (Å²) >= 11 is 0. The van der Waals surface area contributed by atoms with Crippen LogP contribution in [0.5, 0.6) is 0 Å². The van der Waals surface area contributed by atoms with Crippen LogP contribution in [0.1, 0.15) is 30.5 Å². The third-order valence-electron chi connectivity index (χ3n) is 2.77. The van der Waals surface area contributed by atoms with Crippen LogP contribution in [0.4, 0.5) is 0 Å². The fourth-order valence-electron chi connectivity index (χ4n) is 1.92. The number of nitrogens with one attached hydrogen (secondary N) is 1. The smallest absolute Gasteiger partial charge is 0.0577 e. The van der Waals surface area contributed by atoms with Crippen molar-refractivity contribution in [1.29, 1.82) is 0 Å². The van der Waals surface area contributed by atoms with Crippen molar-refractivity contribution < 1.29 is 0 Å². The molecule has 0 spiro atoms. The molecule has 2 aromatic rings. The monoisotopic (exact) mass is 298 g/mol. The van der Waals surface area contributed by atoms with Crippen LogP contribution in [-0.2, 0) is 0 Å². The Morgan fingerprint density at radius 3 is 2.11 bits per heavy atom. The van der Waals surface area contributed by atoms with Crippen molar-refractivity contribution in [3.63, 3.8) is 0 Å². The highest BCUT2D eigenvalue weighted by Crippen LogP contribution is 2.20. The van der Waals surface area contributed by atoms with E-state index in [2.05, 4.69) is 53.6 Å². The van der Waals surface area contributed by atoms with Gasteiger partial charge in [-0.2, -0.15) is 0 Å². The predicted octanol–water partition coefficient (Wildman–Crippen LogP) is 4.01. The molecule has 0 aliphatic rings. The van der Waals surface area contributed by atoms with Crippen molar-refractivity contribution in [1.82, 2.24) is 10.3 Å². The van der Waals surface area contributed by atoms with Crippen LogP contribution in [-0.4, -0.2) is 11.5 Å². The zero-order chi connectivity index (χ0) is 11.9. The van der Waals surface area contributed by atoms with Gasteiger partial charge in [-0.1, -0.05) is 37.3 Å². The highest BCUT2D eigenvalue weighted by Gasteiger charge is 2.11. The Morgan fingerprint density at radius 2 is 1.53 bits per heavy atom. The number of benzene rings is 1.